The SMILES string of the molecule is CN1N[C@]12O[C@H](COCc1ccccc1)[C@H](OCc1ccccc1)[C@H](OCc1ccccc1)[C@H]2OCc1ccccc1. The van der Waals surface area contributed by atoms with Gasteiger partial charge in [0.1, 0.15) is 24.4 Å². The molecule has 1 unspecified atom stereocenters. The van der Waals surface area contributed by atoms with Gasteiger partial charge >= 0.3 is 0 Å². The van der Waals surface area contributed by atoms with Gasteiger partial charge in [-0.15, -0.1) is 0 Å². The lowest BCUT2D eigenvalue weighted by atomic mass is 9.95. The molecular formula is C35H38N2O5. The van der Waals surface area contributed by atoms with Crippen molar-refractivity contribution in [3.63, 3.8) is 0 Å². The molecule has 0 aliphatic carbocycles. The highest BCUT2D eigenvalue weighted by Crippen LogP contribution is 2.42. The fourth-order valence-corrected chi connectivity index (χ4v) is 5.43. The van der Waals surface area contributed by atoms with Crippen molar-refractivity contribution in [2.75, 3.05) is 13.7 Å². The molecule has 0 bridgehead atoms. The van der Waals surface area contributed by atoms with Crippen molar-refractivity contribution in [2.45, 2.75) is 56.7 Å². The van der Waals surface area contributed by atoms with E-state index in [9.17, 15) is 0 Å². The van der Waals surface area contributed by atoms with Gasteiger partial charge in [-0.05, 0) is 22.3 Å². The van der Waals surface area contributed by atoms with Crippen LogP contribution in [0.25, 0.3) is 0 Å². The van der Waals surface area contributed by atoms with Crippen LogP contribution in [0.2, 0.25) is 0 Å². The zero-order valence-electron chi connectivity index (χ0n) is 23.9. The molecule has 0 saturated carbocycles. The van der Waals surface area contributed by atoms with Crippen LogP contribution in [-0.4, -0.2) is 48.9 Å². The summed E-state index contributed by atoms with van der Waals surface area (Å²) in [6.07, 6.45) is -1.79. The molecule has 7 heteroatoms. The van der Waals surface area contributed by atoms with E-state index in [0.29, 0.717) is 33.0 Å². The lowest BCUT2D eigenvalue weighted by Gasteiger charge is -2.45. The molecule has 2 heterocycles. The fraction of sp³-hybridized carbons (Fsp3) is 0.314. The zero-order valence-corrected chi connectivity index (χ0v) is 23.9. The highest BCUT2D eigenvalue weighted by molar-refractivity contribution is 5.17. The molecule has 1 spiro atoms. The smallest absolute Gasteiger partial charge is 0.233 e. The third-order valence-electron chi connectivity index (χ3n) is 7.72. The fourth-order valence-electron chi connectivity index (χ4n) is 5.43. The van der Waals surface area contributed by atoms with Gasteiger partial charge in [-0.3, -0.25) is 0 Å². The van der Waals surface area contributed by atoms with E-state index in [2.05, 4.69) is 54.0 Å². The van der Waals surface area contributed by atoms with E-state index in [0.717, 1.165) is 22.3 Å². The summed E-state index contributed by atoms with van der Waals surface area (Å²) in [4.78, 5) is 0. The summed E-state index contributed by atoms with van der Waals surface area (Å²) in [5, 5.41) is 1.94. The van der Waals surface area contributed by atoms with Crippen molar-refractivity contribution in [3.05, 3.63) is 144 Å². The number of ether oxygens (including phenoxy) is 5. The minimum absolute atomic E-state index is 0.336. The molecule has 6 rings (SSSR count). The maximum atomic E-state index is 6.78. The Morgan fingerprint density at radius 2 is 1.00 bits per heavy atom. The number of likely N-dealkylation sites (N-methyl/N-ethyl adjacent to an activating group) is 1. The molecule has 4 aromatic carbocycles. The Balaban J connectivity index is 1.27. The van der Waals surface area contributed by atoms with E-state index in [-0.39, 0.29) is 0 Å². The molecule has 218 valence electrons. The van der Waals surface area contributed by atoms with E-state index < -0.39 is 30.3 Å². The minimum atomic E-state index is -0.858. The summed E-state index contributed by atoms with van der Waals surface area (Å²) >= 11 is 0. The molecular weight excluding hydrogens is 528 g/mol. The summed E-state index contributed by atoms with van der Waals surface area (Å²) in [6.45, 7) is 2.06. The summed E-state index contributed by atoms with van der Waals surface area (Å²) < 4.78 is 33.1. The third-order valence-corrected chi connectivity index (χ3v) is 7.72. The Bertz CT molecular complexity index is 1360. The summed E-state index contributed by atoms with van der Waals surface area (Å²) in [7, 11) is 1.96. The Morgan fingerprint density at radius 3 is 1.45 bits per heavy atom. The minimum Gasteiger partial charge on any atom is -0.374 e. The molecule has 2 fully saturated rings. The van der Waals surface area contributed by atoms with Gasteiger partial charge in [0, 0.05) is 7.05 Å². The van der Waals surface area contributed by atoms with Crippen molar-refractivity contribution in [2.24, 2.45) is 0 Å². The number of hydrogen-bond acceptors (Lipinski definition) is 7. The number of hydrazine groups is 1. The molecule has 1 N–H and O–H groups in total. The van der Waals surface area contributed by atoms with Gasteiger partial charge in [-0.25, -0.2) is 5.43 Å². The monoisotopic (exact) mass is 566 g/mol. The van der Waals surface area contributed by atoms with Crippen LogP contribution in [0.1, 0.15) is 22.3 Å². The van der Waals surface area contributed by atoms with Gasteiger partial charge in [0.05, 0.1) is 33.0 Å². The molecule has 0 amide bonds. The highest BCUT2D eigenvalue weighted by Gasteiger charge is 2.67. The normalized spacial score (nSPS) is 26.7. The molecule has 6 atom stereocenters. The maximum Gasteiger partial charge on any atom is 0.233 e. The predicted molar refractivity (Wildman–Crippen MR) is 160 cm³/mol. The molecule has 0 radical (unpaired) electrons. The van der Waals surface area contributed by atoms with Crippen molar-refractivity contribution in [3.8, 4) is 0 Å². The lowest BCUT2D eigenvalue weighted by molar-refractivity contribution is -0.293. The quantitative estimate of drug-likeness (QED) is 0.216. The first-order valence-electron chi connectivity index (χ1n) is 14.5. The van der Waals surface area contributed by atoms with Crippen LogP contribution in [0, 0.1) is 0 Å². The first-order valence-corrected chi connectivity index (χ1v) is 14.5. The molecule has 7 nitrogen and oxygen atoms in total. The average Bonchev–Trinajstić information content (AvgIpc) is 3.69. The molecule has 42 heavy (non-hydrogen) atoms. The molecule has 2 aliphatic heterocycles. The van der Waals surface area contributed by atoms with E-state index in [1.807, 2.05) is 84.9 Å². The van der Waals surface area contributed by atoms with Crippen LogP contribution in [0.3, 0.4) is 0 Å². The Hall–Kier alpha value is -3.40. The Kier molecular flexibility index (Phi) is 9.37. The van der Waals surface area contributed by atoms with E-state index >= 15 is 0 Å². The Labute approximate surface area is 247 Å². The van der Waals surface area contributed by atoms with Gasteiger partial charge in [0.2, 0.25) is 5.85 Å². The van der Waals surface area contributed by atoms with Crippen LogP contribution >= 0.6 is 0 Å². The first kappa shape index (κ1) is 28.7. The number of hydrogen-bond donors (Lipinski definition) is 1. The topological polar surface area (TPSA) is 71.1 Å². The number of rotatable bonds is 13. The largest absolute Gasteiger partial charge is 0.374 e. The van der Waals surface area contributed by atoms with Crippen molar-refractivity contribution in [1.29, 1.82) is 0 Å². The first-order chi connectivity index (χ1) is 20.7. The number of nitrogens with one attached hydrogen (secondary N) is 1. The zero-order chi connectivity index (χ0) is 28.6. The second-order valence-electron chi connectivity index (χ2n) is 10.8. The van der Waals surface area contributed by atoms with Gasteiger partial charge in [-0.1, -0.05) is 121 Å². The molecule has 0 aromatic heterocycles. The van der Waals surface area contributed by atoms with E-state index in [1.165, 1.54) is 0 Å². The van der Waals surface area contributed by atoms with Gasteiger partial charge in [-0.2, -0.15) is 5.01 Å². The summed E-state index contributed by atoms with van der Waals surface area (Å²) in [5.41, 5.74) is 7.72. The molecule has 2 saturated heterocycles. The standard InChI is InChI=1S/C35H38N2O5/c1-37-35(36-37)34(41-25-30-20-12-5-13-21-30)33(40-24-29-18-10-4-11-19-29)32(39-23-28-16-8-3-9-17-28)31(42-35)26-38-22-27-14-6-2-7-15-27/h2-21,31-34,36H,22-26H2,1H3/t31-,32+,33+,34-,35+,37?/m1/s1. The third kappa shape index (κ3) is 6.97. The highest BCUT2D eigenvalue weighted by atomic mass is 16.7. The van der Waals surface area contributed by atoms with E-state index in [1.54, 1.807) is 0 Å². The number of benzene rings is 4. The lowest BCUT2D eigenvalue weighted by Crippen LogP contribution is -2.64. The number of nitrogens with zero attached hydrogens (tertiary/aromatic N) is 1. The average molecular weight is 567 g/mol. The molecule has 4 aromatic rings. The summed E-state index contributed by atoms with van der Waals surface area (Å²) in [6, 6.07) is 40.7. The Morgan fingerprint density at radius 1 is 0.595 bits per heavy atom. The predicted octanol–water partition coefficient (Wildman–Crippen LogP) is 5.46. The second kappa shape index (κ2) is 13.7. The van der Waals surface area contributed by atoms with Crippen LogP contribution in [0.4, 0.5) is 0 Å². The maximum absolute atomic E-state index is 6.78. The van der Waals surface area contributed by atoms with Crippen LogP contribution < -0.4 is 5.43 Å². The second-order valence-corrected chi connectivity index (χ2v) is 10.8. The van der Waals surface area contributed by atoms with Gasteiger partial charge in [0.25, 0.3) is 0 Å². The summed E-state index contributed by atoms with van der Waals surface area (Å²) in [5.74, 6) is -0.858. The van der Waals surface area contributed by atoms with E-state index in [4.69, 9.17) is 23.7 Å². The van der Waals surface area contributed by atoms with Crippen molar-refractivity contribution >= 4 is 0 Å². The van der Waals surface area contributed by atoms with Crippen molar-refractivity contribution < 1.29 is 23.7 Å². The van der Waals surface area contributed by atoms with Crippen LogP contribution in [-0.2, 0) is 50.1 Å². The van der Waals surface area contributed by atoms with Crippen molar-refractivity contribution in [1.82, 2.24) is 10.4 Å². The molecule has 2 aliphatic rings. The van der Waals surface area contributed by atoms with Gasteiger partial charge < -0.3 is 23.7 Å². The van der Waals surface area contributed by atoms with Crippen LogP contribution in [0.5, 0.6) is 0 Å². The van der Waals surface area contributed by atoms with Crippen LogP contribution in [0.15, 0.2) is 121 Å². The van der Waals surface area contributed by atoms with Gasteiger partial charge in [0.15, 0.2) is 0 Å².